The molecule has 3 rings (SSSR count). The number of hydrogen-bond donors (Lipinski definition) is 1. The van der Waals surface area contributed by atoms with E-state index in [1.54, 1.807) is 22.8 Å². The second kappa shape index (κ2) is 6.57. The number of amides is 1. The van der Waals surface area contributed by atoms with Crippen LogP contribution in [0, 0.1) is 0 Å². The van der Waals surface area contributed by atoms with E-state index in [0.717, 1.165) is 10.9 Å². The number of carbonyl (C=O) groups excluding carboxylic acids is 1. The number of benzene rings is 2. The van der Waals surface area contributed by atoms with Gasteiger partial charge in [-0.3, -0.25) is 4.79 Å². The number of para-hydroxylation sites is 1. The lowest BCUT2D eigenvalue weighted by atomic mass is 10.2. The van der Waals surface area contributed by atoms with Gasteiger partial charge in [0.1, 0.15) is 0 Å². The van der Waals surface area contributed by atoms with E-state index in [2.05, 4.69) is 26.2 Å². The molecule has 0 aliphatic heterocycles. The van der Waals surface area contributed by atoms with Gasteiger partial charge in [-0.1, -0.05) is 30.3 Å². The molecule has 0 aliphatic rings. The maximum atomic E-state index is 12.2. The molecular formula is C18H16BrN3O2. The third-order valence-corrected chi connectivity index (χ3v) is 4.41. The zero-order valence-electron chi connectivity index (χ0n) is 13.3. The van der Waals surface area contributed by atoms with Crippen molar-refractivity contribution in [3.05, 3.63) is 58.6 Å². The average Bonchev–Trinajstić information content (AvgIpc) is 2.84. The molecule has 0 aliphatic carbocycles. The van der Waals surface area contributed by atoms with Gasteiger partial charge in [0.15, 0.2) is 5.69 Å². The molecule has 1 N–H and O–H groups in total. The summed E-state index contributed by atoms with van der Waals surface area (Å²) in [6.07, 6.45) is 0. The normalized spacial score (nSPS) is 11.7. The molecule has 5 nitrogen and oxygen atoms in total. The molecule has 1 amide bonds. The second-order valence-corrected chi connectivity index (χ2v) is 6.49. The maximum absolute atomic E-state index is 12.2. The molecule has 6 heteroatoms. The lowest BCUT2D eigenvalue weighted by Gasteiger charge is -2.10. The van der Waals surface area contributed by atoms with Gasteiger partial charge in [0, 0.05) is 15.9 Å². The quantitative estimate of drug-likeness (QED) is 0.594. The Morgan fingerprint density at radius 1 is 1.12 bits per heavy atom. The Bertz CT molecular complexity index is 945. The molecule has 0 saturated carbocycles. The number of nitrogens with zero attached hydrogens (tertiary/aromatic N) is 3. The van der Waals surface area contributed by atoms with Crippen LogP contribution in [0.15, 0.2) is 63.2 Å². The highest BCUT2D eigenvalue weighted by atomic mass is 79.9. The summed E-state index contributed by atoms with van der Waals surface area (Å²) in [4.78, 5) is 12.2. The van der Waals surface area contributed by atoms with Crippen molar-refractivity contribution in [1.29, 1.82) is 0 Å². The third-order valence-electron chi connectivity index (χ3n) is 3.72. The third kappa shape index (κ3) is 2.85. The molecule has 0 bridgehead atoms. The van der Waals surface area contributed by atoms with Crippen LogP contribution in [-0.4, -0.2) is 15.6 Å². The fourth-order valence-corrected chi connectivity index (χ4v) is 3.09. The molecule has 0 spiro atoms. The summed E-state index contributed by atoms with van der Waals surface area (Å²) in [5.41, 5.74) is 1.58. The Balaban J connectivity index is 2.06. The number of hydrogen-bond acceptors (Lipinski definition) is 3. The second-order valence-electron chi connectivity index (χ2n) is 5.64. The average molecular weight is 386 g/mol. The highest BCUT2D eigenvalue weighted by Gasteiger charge is 2.18. The minimum absolute atomic E-state index is 0.00915. The molecule has 0 radical (unpaired) electrons. The fourth-order valence-electron chi connectivity index (χ4n) is 2.64. The Hall–Kier alpha value is -2.47. The van der Waals surface area contributed by atoms with Crippen molar-refractivity contribution in [3.8, 4) is 5.88 Å². The zero-order valence-corrected chi connectivity index (χ0v) is 14.9. The molecule has 122 valence electrons. The fraction of sp³-hybridized carbons (Fsp3) is 0.167. The van der Waals surface area contributed by atoms with Crippen molar-refractivity contribution >= 4 is 38.4 Å². The van der Waals surface area contributed by atoms with Gasteiger partial charge in [0.05, 0.1) is 11.1 Å². The zero-order chi connectivity index (χ0) is 17.3. The minimum Gasteiger partial charge on any atom is -0.493 e. The van der Waals surface area contributed by atoms with E-state index in [-0.39, 0.29) is 11.9 Å². The van der Waals surface area contributed by atoms with Crippen LogP contribution < -0.4 is 0 Å². The van der Waals surface area contributed by atoms with Crippen molar-refractivity contribution in [3.63, 3.8) is 0 Å². The molecule has 0 unspecified atom stereocenters. The van der Waals surface area contributed by atoms with E-state index >= 15 is 0 Å². The summed E-state index contributed by atoms with van der Waals surface area (Å²) in [6.45, 7) is 3.94. The van der Waals surface area contributed by atoms with Crippen LogP contribution in [0.3, 0.4) is 0 Å². The number of fused-ring (bicyclic) bond motifs is 1. The standard InChI is InChI=1S/C18H16BrN3O2/c1-11(2)22-15-10-6-4-8-13(15)16(18(22)24)20-21-17(23)12-7-3-5-9-14(12)19/h3-11,24H,1-2H3. The molecule has 3 aromatic rings. The SMILES string of the molecule is CC(C)n1c(O)c(N=NC(=O)c2ccccc2Br)c2ccccc21. The molecule has 1 aromatic heterocycles. The lowest BCUT2D eigenvalue weighted by Crippen LogP contribution is -1.98. The molecule has 0 atom stereocenters. The summed E-state index contributed by atoms with van der Waals surface area (Å²) >= 11 is 3.32. The monoisotopic (exact) mass is 385 g/mol. The topological polar surface area (TPSA) is 66.9 Å². The van der Waals surface area contributed by atoms with Crippen molar-refractivity contribution < 1.29 is 9.90 Å². The van der Waals surface area contributed by atoms with E-state index in [4.69, 9.17) is 0 Å². The first-order valence-corrected chi connectivity index (χ1v) is 8.32. The smallest absolute Gasteiger partial charge is 0.296 e. The van der Waals surface area contributed by atoms with Gasteiger partial charge in [-0.15, -0.1) is 10.2 Å². The first kappa shape index (κ1) is 16.4. The Morgan fingerprint density at radius 2 is 1.79 bits per heavy atom. The van der Waals surface area contributed by atoms with E-state index < -0.39 is 5.91 Å². The lowest BCUT2D eigenvalue weighted by molar-refractivity contribution is 0.0994. The van der Waals surface area contributed by atoms with E-state index in [1.165, 1.54) is 0 Å². The first-order valence-electron chi connectivity index (χ1n) is 7.53. The number of carbonyl (C=O) groups is 1. The van der Waals surface area contributed by atoms with Crippen LogP contribution in [0.25, 0.3) is 10.9 Å². The predicted molar refractivity (Wildman–Crippen MR) is 97.0 cm³/mol. The van der Waals surface area contributed by atoms with E-state index in [9.17, 15) is 9.90 Å². The van der Waals surface area contributed by atoms with E-state index in [1.807, 2.05) is 44.2 Å². The van der Waals surface area contributed by atoms with Gasteiger partial charge in [-0.25, -0.2) is 0 Å². The summed E-state index contributed by atoms with van der Waals surface area (Å²) in [7, 11) is 0. The van der Waals surface area contributed by atoms with Gasteiger partial charge >= 0.3 is 0 Å². The van der Waals surface area contributed by atoms with Crippen LogP contribution in [0.4, 0.5) is 5.69 Å². The van der Waals surface area contributed by atoms with Crippen LogP contribution in [0.1, 0.15) is 30.2 Å². The van der Waals surface area contributed by atoms with Crippen LogP contribution >= 0.6 is 15.9 Å². The molecule has 0 fully saturated rings. The molecule has 0 saturated heterocycles. The largest absolute Gasteiger partial charge is 0.493 e. The predicted octanol–water partition coefficient (Wildman–Crippen LogP) is 5.61. The van der Waals surface area contributed by atoms with Gasteiger partial charge < -0.3 is 9.67 Å². The van der Waals surface area contributed by atoms with Crippen molar-refractivity contribution in [2.45, 2.75) is 19.9 Å². The van der Waals surface area contributed by atoms with Gasteiger partial charge in [-0.2, -0.15) is 0 Å². The molecule has 2 aromatic carbocycles. The van der Waals surface area contributed by atoms with Crippen molar-refractivity contribution in [1.82, 2.24) is 4.57 Å². The molecular weight excluding hydrogens is 370 g/mol. The van der Waals surface area contributed by atoms with Crippen LogP contribution in [0.5, 0.6) is 5.88 Å². The van der Waals surface area contributed by atoms with E-state index in [0.29, 0.717) is 15.7 Å². The van der Waals surface area contributed by atoms with Crippen LogP contribution in [0.2, 0.25) is 0 Å². The van der Waals surface area contributed by atoms with Crippen molar-refractivity contribution in [2.75, 3.05) is 0 Å². The first-order chi connectivity index (χ1) is 11.5. The van der Waals surface area contributed by atoms with Crippen LogP contribution in [-0.2, 0) is 0 Å². The van der Waals surface area contributed by atoms with Crippen molar-refractivity contribution in [2.24, 2.45) is 10.2 Å². The Morgan fingerprint density at radius 3 is 2.50 bits per heavy atom. The molecule has 24 heavy (non-hydrogen) atoms. The highest BCUT2D eigenvalue weighted by molar-refractivity contribution is 9.10. The Labute approximate surface area is 147 Å². The maximum Gasteiger partial charge on any atom is 0.296 e. The number of rotatable bonds is 3. The highest BCUT2D eigenvalue weighted by Crippen LogP contribution is 2.40. The summed E-state index contributed by atoms with van der Waals surface area (Å²) in [5.74, 6) is -0.460. The summed E-state index contributed by atoms with van der Waals surface area (Å²) in [5, 5.41) is 19.1. The van der Waals surface area contributed by atoms with Gasteiger partial charge in [0.2, 0.25) is 5.88 Å². The summed E-state index contributed by atoms with van der Waals surface area (Å²) < 4.78 is 2.43. The number of aromatic hydroxyl groups is 1. The molecule has 1 heterocycles. The minimum atomic E-state index is -0.469. The number of aromatic nitrogens is 1. The summed E-state index contributed by atoms with van der Waals surface area (Å²) in [6, 6.07) is 14.6. The van der Waals surface area contributed by atoms with Gasteiger partial charge in [-0.05, 0) is 48.0 Å². The Kier molecular flexibility index (Phi) is 4.49. The number of halogens is 1. The van der Waals surface area contributed by atoms with Gasteiger partial charge in [0.25, 0.3) is 5.91 Å². The number of azo groups is 1.